The second-order valence-corrected chi connectivity index (χ2v) is 6.38. The first-order valence-corrected chi connectivity index (χ1v) is 9.08. The zero-order valence-corrected chi connectivity index (χ0v) is 16.0. The molecule has 2 aromatic carbocycles. The number of hydrogen-bond acceptors (Lipinski definition) is 6. The van der Waals surface area contributed by atoms with Gasteiger partial charge in [-0.15, -0.1) is 0 Å². The van der Waals surface area contributed by atoms with Gasteiger partial charge in [-0.1, -0.05) is 48.5 Å². The number of nitrogens with one attached hydrogen (secondary N) is 2. The van der Waals surface area contributed by atoms with E-state index in [-0.39, 0.29) is 11.7 Å². The Bertz CT molecular complexity index is 1120. The lowest BCUT2D eigenvalue weighted by molar-refractivity contribution is 0.0970. The molecule has 4 aromatic rings. The van der Waals surface area contributed by atoms with Crippen LogP contribution in [0, 0.1) is 0 Å². The maximum Gasteiger partial charge on any atom is 0.230 e. The van der Waals surface area contributed by atoms with Crippen LogP contribution in [0.15, 0.2) is 66.9 Å². The monoisotopic (exact) mass is 388 g/mol. The number of carbonyl (C=O) groups excluding carboxylic acids is 1. The quantitative estimate of drug-likeness (QED) is 0.465. The minimum atomic E-state index is -0.688. The lowest BCUT2D eigenvalue weighted by atomic mass is 9.97. The zero-order chi connectivity index (χ0) is 20.2. The molecule has 0 aliphatic heterocycles. The van der Waals surface area contributed by atoms with Crippen molar-refractivity contribution in [3.63, 3.8) is 0 Å². The van der Waals surface area contributed by atoms with Crippen molar-refractivity contribution in [1.29, 1.82) is 0 Å². The van der Waals surface area contributed by atoms with Gasteiger partial charge in [0.15, 0.2) is 5.78 Å². The third-order valence-corrected chi connectivity index (χ3v) is 4.62. The first-order chi connectivity index (χ1) is 14.2. The number of para-hydroxylation sites is 1. The lowest BCUT2D eigenvalue weighted by Gasteiger charge is -2.18. The maximum atomic E-state index is 13.5. The van der Waals surface area contributed by atoms with E-state index in [9.17, 15) is 4.79 Å². The number of aromatic amines is 1. The van der Waals surface area contributed by atoms with Crippen molar-refractivity contribution in [2.75, 3.05) is 19.5 Å². The van der Waals surface area contributed by atoms with Gasteiger partial charge in [-0.2, -0.15) is 9.97 Å². The number of methoxy groups -OCH3 is 2. The number of benzene rings is 2. The largest absolute Gasteiger partial charge is 0.481 e. The summed E-state index contributed by atoms with van der Waals surface area (Å²) in [6.45, 7) is 0. The number of ketones is 1. The van der Waals surface area contributed by atoms with Crippen molar-refractivity contribution < 1.29 is 14.3 Å². The number of Topliss-reactive ketones (excluding diaryl/α,β-unsaturated/α-hetero) is 1. The van der Waals surface area contributed by atoms with Gasteiger partial charge in [-0.05, 0) is 11.6 Å². The molecule has 2 heterocycles. The van der Waals surface area contributed by atoms with Crippen LogP contribution in [0.4, 0.5) is 5.95 Å². The number of ether oxygens (including phenoxy) is 2. The molecule has 7 nitrogen and oxygen atoms in total. The molecule has 0 fully saturated rings. The van der Waals surface area contributed by atoms with Crippen molar-refractivity contribution in [3.05, 3.63) is 78.0 Å². The molecule has 0 saturated carbocycles. The van der Waals surface area contributed by atoms with Crippen LogP contribution in [0.1, 0.15) is 22.0 Å². The van der Waals surface area contributed by atoms with Crippen LogP contribution in [-0.2, 0) is 0 Å². The molecule has 2 aromatic heterocycles. The SMILES string of the molecule is COc1cc(OC)nc(NC(C(=O)c2c[nH]c3ccccc23)c2ccccc2)n1. The molecule has 0 aliphatic rings. The van der Waals surface area contributed by atoms with Gasteiger partial charge < -0.3 is 19.8 Å². The van der Waals surface area contributed by atoms with Crippen molar-refractivity contribution in [2.45, 2.75) is 6.04 Å². The number of fused-ring (bicyclic) bond motifs is 1. The molecule has 29 heavy (non-hydrogen) atoms. The first-order valence-electron chi connectivity index (χ1n) is 9.08. The number of H-pyrrole nitrogens is 1. The number of aromatic nitrogens is 3. The van der Waals surface area contributed by atoms with E-state index in [1.54, 1.807) is 12.3 Å². The Balaban J connectivity index is 1.76. The Morgan fingerprint density at radius 3 is 2.31 bits per heavy atom. The summed E-state index contributed by atoms with van der Waals surface area (Å²) in [5.74, 6) is 0.818. The Morgan fingerprint density at radius 1 is 0.966 bits per heavy atom. The number of hydrogen-bond donors (Lipinski definition) is 2. The molecule has 4 rings (SSSR count). The molecule has 1 unspecified atom stereocenters. The fraction of sp³-hybridized carbons (Fsp3) is 0.136. The highest BCUT2D eigenvalue weighted by Crippen LogP contribution is 2.28. The van der Waals surface area contributed by atoms with Gasteiger partial charge >= 0.3 is 0 Å². The second-order valence-electron chi connectivity index (χ2n) is 6.38. The highest BCUT2D eigenvalue weighted by molar-refractivity contribution is 6.11. The van der Waals surface area contributed by atoms with Gasteiger partial charge in [0.2, 0.25) is 17.7 Å². The molecule has 0 bridgehead atoms. The van der Waals surface area contributed by atoms with Gasteiger partial charge in [-0.3, -0.25) is 4.79 Å². The van der Waals surface area contributed by atoms with Crippen molar-refractivity contribution >= 4 is 22.6 Å². The van der Waals surface area contributed by atoms with Crippen LogP contribution in [0.5, 0.6) is 11.8 Å². The topological polar surface area (TPSA) is 89.1 Å². The average molecular weight is 388 g/mol. The van der Waals surface area contributed by atoms with E-state index in [0.717, 1.165) is 16.5 Å². The summed E-state index contributed by atoms with van der Waals surface area (Å²) in [6.07, 6.45) is 1.73. The standard InChI is InChI=1S/C22H20N4O3/c1-28-18-12-19(29-2)25-22(24-18)26-20(14-8-4-3-5-9-14)21(27)16-13-23-17-11-7-6-10-15(16)17/h3-13,20,23H,1-2H3,(H,24,25,26). The second kappa shape index (κ2) is 8.02. The Morgan fingerprint density at radius 2 is 1.62 bits per heavy atom. The van der Waals surface area contributed by atoms with Gasteiger partial charge in [0.1, 0.15) is 6.04 Å². The third-order valence-electron chi connectivity index (χ3n) is 4.62. The number of carbonyl (C=O) groups is 1. The van der Waals surface area contributed by atoms with Crippen LogP contribution < -0.4 is 14.8 Å². The van der Waals surface area contributed by atoms with Crippen LogP contribution in [-0.4, -0.2) is 35.0 Å². The van der Waals surface area contributed by atoms with E-state index < -0.39 is 6.04 Å². The molecular weight excluding hydrogens is 368 g/mol. The molecule has 0 spiro atoms. The van der Waals surface area contributed by atoms with Crippen LogP contribution >= 0.6 is 0 Å². The van der Waals surface area contributed by atoms with E-state index in [1.807, 2.05) is 54.6 Å². The summed E-state index contributed by atoms with van der Waals surface area (Å²) in [5.41, 5.74) is 2.30. The summed E-state index contributed by atoms with van der Waals surface area (Å²) in [4.78, 5) is 25.3. The van der Waals surface area contributed by atoms with Gasteiger partial charge in [0.25, 0.3) is 0 Å². The van der Waals surface area contributed by atoms with Crippen LogP contribution in [0.3, 0.4) is 0 Å². The smallest absolute Gasteiger partial charge is 0.230 e. The number of rotatable bonds is 7. The third kappa shape index (κ3) is 3.75. The highest BCUT2D eigenvalue weighted by atomic mass is 16.5. The fourth-order valence-electron chi connectivity index (χ4n) is 3.18. The Hall–Kier alpha value is -3.87. The Kier molecular flexibility index (Phi) is 5.11. The normalized spacial score (nSPS) is 11.8. The predicted molar refractivity (Wildman–Crippen MR) is 111 cm³/mol. The molecule has 7 heteroatoms. The minimum absolute atomic E-state index is 0.0981. The van der Waals surface area contributed by atoms with Crippen LogP contribution in [0.25, 0.3) is 10.9 Å². The molecule has 0 saturated heterocycles. The summed E-state index contributed by atoms with van der Waals surface area (Å²) in [6, 6.07) is 18.0. The number of nitrogens with zero attached hydrogens (tertiary/aromatic N) is 2. The number of anilines is 1. The molecular formula is C22H20N4O3. The van der Waals surface area contributed by atoms with Crippen molar-refractivity contribution in [1.82, 2.24) is 15.0 Å². The van der Waals surface area contributed by atoms with E-state index in [4.69, 9.17) is 9.47 Å². The molecule has 0 aliphatic carbocycles. The summed E-state index contributed by atoms with van der Waals surface area (Å²) in [5, 5.41) is 4.02. The van der Waals surface area contributed by atoms with E-state index in [0.29, 0.717) is 17.3 Å². The summed E-state index contributed by atoms with van der Waals surface area (Å²) in [7, 11) is 3.02. The fourth-order valence-corrected chi connectivity index (χ4v) is 3.18. The van der Waals surface area contributed by atoms with E-state index in [2.05, 4.69) is 20.3 Å². The highest BCUT2D eigenvalue weighted by Gasteiger charge is 2.25. The zero-order valence-electron chi connectivity index (χ0n) is 16.0. The Labute approximate surface area is 167 Å². The predicted octanol–water partition coefficient (Wildman–Crippen LogP) is 4.01. The van der Waals surface area contributed by atoms with Gasteiger partial charge in [0, 0.05) is 22.7 Å². The lowest BCUT2D eigenvalue weighted by Crippen LogP contribution is -2.22. The van der Waals surface area contributed by atoms with Gasteiger partial charge in [0.05, 0.1) is 20.3 Å². The average Bonchev–Trinajstić information content (AvgIpc) is 3.21. The molecule has 146 valence electrons. The van der Waals surface area contributed by atoms with E-state index in [1.165, 1.54) is 14.2 Å². The molecule has 2 N–H and O–H groups in total. The molecule has 0 radical (unpaired) electrons. The summed E-state index contributed by atoms with van der Waals surface area (Å²) < 4.78 is 10.4. The van der Waals surface area contributed by atoms with Gasteiger partial charge in [-0.25, -0.2) is 0 Å². The summed E-state index contributed by atoms with van der Waals surface area (Å²) >= 11 is 0. The molecule has 0 amide bonds. The van der Waals surface area contributed by atoms with Crippen molar-refractivity contribution in [3.8, 4) is 11.8 Å². The molecule has 1 atom stereocenters. The van der Waals surface area contributed by atoms with Crippen LogP contribution in [0.2, 0.25) is 0 Å². The minimum Gasteiger partial charge on any atom is -0.481 e. The van der Waals surface area contributed by atoms with Crippen molar-refractivity contribution in [2.24, 2.45) is 0 Å². The van der Waals surface area contributed by atoms with E-state index >= 15 is 0 Å². The maximum absolute atomic E-state index is 13.5. The first kappa shape index (κ1) is 18.5.